The molecule has 0 aliphatic rings. The van der Waals surface area contributed by atoms with Crippen molar-refractivity contribution in [1.29, 1.82) is 0 Å². The molecule has 1 atom stereocenters. The minimum atomic E-state index is -0.0744. The lowest BCUT2D eigenvalue weighted by Gasteiger charge is -2.32. The predicted octanol–water partition coefficient (Wildman–Crippen LogP) is 4.23. The number of aryl methyl sites for hydroxylation is 1. The minimum absolute atomic E-state index is 0.000746. The maximum Gasteiger partial charge on any atom is 0.0387 e. The molecule has 1 heteroatoms. The Labute approximate surface area is 116 Å². The first-order valence-electron chi connectivity index (χ1n) is 6.95. The maximum absolute atomic E-state index is 6.50. The van der Waals surface area contributed by atoms with Gasteiger partial charge in [-0.15, -0.1) is 0 Å². The van der Waals surface area contributed by atoms with Gasteiger partial charge in [-0.25, -0.2) is 0 Å². The standard InChI is InChI=1S/C18H23N/c1-4-14-10-12-15(13-11-14)17(19)18(2,3)16-8-6-5-7-9-16/h5-13,17H,4,19H2,1-3H3. The molecule has 0 bridgehead atoms. The summed E-state index contributed by atoms with van der Waals surface area (Å²) in [6, 6.07) is 19.2. The molecule has 19 heavy (non-hydrogen) atoms. The van der Waals surface area contributed by atoms with Gasteiger partial charge in [-0.3, -0.25) is 0 Å². The minimum Gasteiger partial charge on any atom is -0.323 e. The van der Waals surface area contributed by atoms with E-state index in [2.05, 4.69) is 69.3 Å². The number of hydrogen-bond donors (Lipinski definition) is 1. The second kappa shape index (κ2) is 5.58. The highest BCUT2D eigenvalue weighted by molar-refractivity contribution is 5.33. The SMILES string of the molecule is CCc1ccc(C(N)C(C)(C)c2ccccc2)cc1. The van der Waals surface area contributed by atoms with Crippen LogP contribution in [0.15, 0.2) is 54.6 Å². The Morgan fingerprint density at radius 3 is 2.05 bits per heavy atom. The van der Waals surface area contributed by atoms with Crippen molar-refractivity contribution in [3.63, 3.8) is 0 Å². The third-order valence-electron chi connectivity index (χ3n) is 4.04. The Morgan fingerprint density at radius 1 is 0.947 bits per heavy atom. The second-order valence-corrected chi connectivity index (χ2v) is 5.66. The van der Waals surface area contributed by atoms with Crippen molar-refractivity contribution >= 4 is 0 Å². The quantitative estimate of drug-likeness (QED) is 0.867. The van der Waals surface area contributed by atoms with Gasteiger partial charge in [-0.1, -0.05) is 75.4 Å². The van der Waals surface area contributed by atoms with E-state index in [1.165, 1.54) is 16.7 Å². The summed E-state index contributed by atoms with van der Waals surface area (Å²) >= 11 is 0. The smallest absolute Gasteiger partial charge is 0.0387 e. The molecule has 0 aliphatic carbocycles. The van der Waals surface area contributed by atoms with Crippen LogP contribution in [0.1, 0.15) is 43.5 Å². The lowest BCUT2D eigenvalue weighted by molar-refractivity contribution is 0.421. The van der Waals surface area contributed by atoms with Crippen LogP contribution < -0.4 is 5.73 Å². The molecule has 0 saturated carbocycles. The van der Waals surface area contributed by atoms with Crippen LogP contribution in [0.4, 0.5) is 0 Å². The summed E-state index contributed by atoms with van der Waals surface area (Å²) in [5.41, 5.74) is 10.3. The van der Waals surface area contributed by atoms with Gasteiger partial charge in [0, 0.05) is 11.5 Å². The van der Waals surface area contributed by atoms with E-state index in [-0.39, 0.29) is 11.5 Å². The molecule has 0 aromatic heterocycles. The van der Waals surface area contributed by atoms with E-state index < -0.39 is 0 Å². The zero-order chi connectivity index (χ0) is 13.9. The summed E-state index contributed by atoms with van der Waals surface area (Å²) in [5.74, 6) is 0. The molecule has 1 nitrogen and oxygen atoms in total. The van der Waals surface area contributed by atoms with Crippen LogP contribution in [-0.4, -0.2) is 0 Å². The normalized spacial score (nSPS) is 13.3. The molecule has 0 saturated heterocycles. The van der Waals surface area contributed by atoms with Crippen molar-refractivity contribution < 1.29 is 0 Å². The van der Waals surface area contributed by atoms with Gasteiger partial charge >= 0.3 is 0 Å². The monoisotopic (exact) mass is 253 g/mol. The molecule has 0 aliphatic heterocycles. The molecule has 2 rings (SSSR count). The third-order valence-corrected chi connectivity index (χ3v) is 4.04. The number of hydrogen-bond acceptors (Lipinski definition) is 1. The van der Waals surface area contributed by atoms with Gasteiger partial charge in [0.1, 0.15) is 0 Å². The maximum atomic E-state index is 6.50. The van der Waals surface area contributed by atoms with Gasteiger partial charge in [0.15, 0.2) is 0 Å². The number of benzene rings is 2. The van der Waals surface area contributed by atoms with E-state index in [0.29, 0.717) is 0 Å². The summed E-state index contributed by atoms with van der Waals surface area (Å²) < 4.78 is 0. The van der Waals surface area contributed by atoms with Gasteiger partial charge < -0.3 is 5.73 Å². The number of rotatable bonds is 4. The number of nitrogens with two attached hydrogens (primary N) is 1. The summed E-state index contributed by atoms with van der Waals surface area (Å²) in [6.07, 6.45) is 1.07. The predicted molar refractivity (Wildman–Crippen MR) is 82.2 cm³/mol. The van der Waals surface area contributed by atoms with Gasteiger partial charge in [0.25, 0.3) is 0 Å². The van der Waals surface area contributed by atoms with Gasteiger partial charge in [0.05, 0.1) is 0 Å². The zero-order valence-corrected chi connectivity index (χ0v) is 12.1. The van der Waals surface area contributed by atoms with Crippen LogP contribution >= 0.6 is 0 Å². The Bertz CT molecular complexity index is 511. The van der Waals surface area contributed by atoms with Crippen molar-refractivity contribution in [3.8, 4) is 0 Å². The van der Waals surface area contributed by atoms with Crippen molar-refractivity contribution in [2.45, 2.75) is 38.6 Å². The first kappa shape index (κ1) is 13.8. The van der Waals surface area contributed by atoms with Crippen LogP contribution in [-0.2, 0) is 11.8 Å². The summed E-state index contributed by atoms with van der Waals surface area (Å²) in [5, 5.41) is 0. The van der Waals surface area contributed by atoms with Crippen molar-refractivity contribution in [3.05, 3.63) is 71.3 Å². The molecule has 2 N–H and O–H groups in total. The summed E-state index contributed by atoms with van der Waals surface area (Å²) in [4.78, 5) is 0. The highest BCUT2D eigenvalue weighted by Gasteiger charge is 2.29. The lowest BCUT2D eigenvalue weighted by atomic mass is 9.75. The largest absolute Gasteiger partial charge is 0.323 e. The average Bonchev–Trinajstić information content (AvgIpc) is 2.47. The van der Waals surface area contributed by atoms with Crippen LogP contribution in [0, 0.1) is 0 Å². The molecule has 0 radical (unpaired) electrons. The van der Waals surface area contributed by atoms with Crippen LogP contribution in [0.5, 0.6) is 0 Å². The van der Waals surface area contributed by atoms with E-state index in [0.717, 1.165) is 6.42 Å². The topological polar surface area (TPSA) is 26.0 Å². The van der Waals surface area contributed by atoms with Crippen LogP contribution in [0.3, 0.4) is 0 Å². The molecular formula is C18H23N. The molecule has 0 heterocycles. The van der Waals surface area contributed by atoms with Crippen molar-refractivity contribution in [2.75, 3.05) is 0 Å². The molecule has 100 valence electrons. The van der Waals surface area contributed by atoms with E-state index in [1.54, 1.807) is 0 Å². The summed E-state index contributed by atoms with van der Waals surface area (Å²) in [7, 11) is 0. The van der Waals surface area contributed by atoms with Crippen molar-refractivity contribution in [2.24, 2.45) is 5.73 Å². The molecule has 0 spiro atoms. The fourth-order valence-corrected chi connectivity index (χ4v) is 2.42. The average molecular weight is 253 g/mol. The fourth-order valence-electron chi connectivity index (χ4n) is 2.42. The molecular weight excluding hydrogens is 230 g/mol. The van der Waals surface area contributed by atoms with Crippen LogP contribution in [0.2, 0.25) is 0 Å². The van der Waals surface area contributed by atoms with Gasteiger partial charge in [-0.2, -0.15) is 0 Å². The third kappa shape index (κ3) is 2.87. The molecule has 0 fully saturated rings. The van der Waals surface area contributed by atoms with E-state index in [1.807, 2.05) is 6.07 Å². The zero-order valence-electron chi connectivity index (χ0n) is 12.1. The van der Waals surface area contributed by atoms with E-state index in [9.17, 15) is 0 Å². The molecule has 0 amide bonds. The lowest BCUT2D eigenvalue weighted by Crippen LogP contribution is -2.33. The van der Waals surface area contributed by atoms with Crippen LogP contribution in [0.25, 0.3) is 0 Å². The molecule has 1 unspecified atom stereocenters. The van der Waals surface area contributed by atoms with Crippen molar-refractivity contribution in [1.82, 2.24) is 0 Å². The highest BCUT2D eigenvalue weighted by Crippen LogP contribution is 2.34. The summed E-state index contributed by atoms with van der Waals surface area (Å²) in [6.45, 7) is 6.59. The first-order valence-corrected chi connectivity index (χ1v) is 6.95. The molecule has 2 aromatic carbocycles. The van der Waals surface area contributed by atoms with E-state index in [4.69, 9.17) is 5.73 Å². The van der Waals surface area contributed by atoms with Gasteiger partial charge in [-0.05, 0) is 23.1 Å². The fraction of sp³-hybridized carbons (Fsp3) is 0.333. The molecule has 2 aromatic rings. The van der Waals surface area contributed by atoms with E-state index >= 15 is 0 Å². The Morgan fingerprint density at radius 2 is 1.53 bits per heavy atom. The Kier molecular flexibility index (Phi) is 4.06. The van der Waals surface area contributed by atoms with Gasteiger partial charge in [0.2, 0.25) is 0 Å². The highest BCUT2D eigenvalue weighted by atomic mass is 14.7. The second-order valence-electron chi connectivity index (χ2n) is 5.66. The Balaban J connectivity index is 2.29. The Hall–Kier alpha value is -1.60. The first-order chi connectivity index (χ1) is 9.05.